The molecule has 1 N–H and O–H groups in total. The van der Waals surface area contributed by atoms with E-state index in [9.17, 15) is 4.79 Å². The number of aliphatic hydroxyl groups excluding tert-OH is 1. The summed E-state index contributed by atoms with van der Waals surface area (Å²) >= 11 is 0. The SMILES string of the molecule is C=CC(C=O)CCCO. The number of hydrogen-bond donors (Lipinski definition) is 1. The van der Waals surface area contributed by atoms with E-state index in [0.29, 0.717) is 12.8 Å². The summed E-state index contributed by atoms with van der Waals surface area (Å²) in [5.74, 6) is -0.0721. The Hall–Kier alpha value is -0.630. The Kier molecular flexibility index (Phi) is 5.12. The highest BCUT2D eigenvalue weighted by Crippen LogP contribution is 2.02. The molecule has 0 aromatic rings. The molecule has 9 heavy (non-hydrogen) atoms. The van der Waals surface area contributed by atoms with Crippen molar-refractivity contribution in [1.29, 1.82) is 0 Å². The third-order valence-corrected chi connectivity index (χ3v) is 1.17. The number of carbonyl (C=O) groups excluding carboxylic acids is 1. The van der Waals surface area contributed by atoms with Gasteiger partial charge in [-0.05, 0) is 12.8 Å². The van der Waals surface area contributed by atoms with Crippen LogP contribution >= 0.6 is 0 Å². The smallest absolute Gasteiger partial charge is 0.126 e. The van der Waals surface area contributed by atoms with Crippen LogP contribution in [0.2, 0.25) is 0 Å². The molecule has 0 aliphatic carbocycles. The Morgan fingerprint density at radius 2 is 2.33 bits per heavy atom. The number of hydrogen-bond acceptors (Lipinski definition) is 2. The van der Waals surface area contributed by atoms with Crippen molar-refractivity contribution in [3.8, 4) is 0 Å². The predicted octanol–water partition coefficient (Wildman–Crippen LogP) is 0.760. The van der Waals surface area contributed by atoms with Crippen LogP contribution in [0.25, 0.3) is 0 Å². The second-order valence-electron chi connectivity index (χ2n) is 1.90. The summed E-state index contributed by atoms with van der Waals surface area (Å²) in [5.41, 5.74) is 0. The number of rotatable bonds is 5. The van der Waals surface area contributed by atoms with Gasteiger partial charge in [-0.15, -0.1) is 6.58 Å². The van der Waals surface area contributed by atoms with E-state index in [2.05, 4.69) is 6.58 Å². The molecule has 0 heterocycles. The van der Waals surface area contributed by atoms with Gasteiger partial charge in [0.05, 0.1) is 0 Å². The van der Waals surface area contributed by atoms with E-state index in [4.69, 9.17) is 5.11 Å². The Bertz CT molecular complexity index is 80.9. The fraction of sp³-hybridized carbons (Fsp3) is 0.571. The molecule has 0 aromatic carbocycles. The first kappa shape index (κ1) is 8.37. The number of carbonyl (C=O) groups is 1. The molecule has 0 amide bonds. The average Bonchev–Trinajstić information content (AvgIpc) is 1.91. The van der Waals surface area contributed by atoms with Gasteiger partial charge in [0, 0.05) is 12.5 Å². The first-order valence-corrected chi connectivity index (χ1v) is 3.04. The van der Waals surface area contributed by atoms with Gasteiger partial charge in [-0.25, -0.2) is 0 Å². The van der Waals surface area contributed by atoms with Gasteiger partial charge in [0.25, 0.3) is 0 Å². The van der Waals surface area contributed by atoms with E-state index in [1.807, 2.05) is 0 Å². The lowest BCUT2D eigenvalue weighted by Gasteiger charge is -1.99. The summed E-state index contributed by atoms with van der Waals surface area (Å²) in [6.45, 7) is 3.62. The van der Waals surface area contributed by atoms with E-state index < -0.39 is 0 Å². The molecule has 0 saturated carbocycles. The van der Waals surface area contributed by atoms with Crippen LogP contribution in [0.1, 0.15) is 12.8 Å². The fourth-order valence-electron chi connectivity index (χ4n) is 0.568. The second kappa shape index (κ2) is 5.51. The van der Waals surface area contributed by atoms with Crippen LogP contribution in [0.4, 0.5) is 0 Å². The average molecular weight is 128 g/mol. The first-order valence-electron chi connectivity index (χ1n) is 3.04. The van der Waals surface area contributed by atoms with Crippen molar-refractivity contribution < 1.29 is 9.90 Å². The molecule has 0 rings (SSSR count). The summed E-state index contributed by atoms with van der Waals surface area (Å²) in [6.07, 6.45) is 3.84. The summed E-state index contributed by atoms with van der Waals surface area (Å²) in [5, 5.41) is 8.36. The van der Waals surface area contributed by atoms with E-state index in [-0.39, 0.29) is 12.5 Å². The molecule has 2 heteroatoms. The van der Waals surface area contributed by atoms with Crippen LogP contribution in [0.5, 0.6) is 0 Å². The molecule has 1 unspecified atom stereocenters. The Balaban J connectivity index is 3.30. The second-order valence-corrected chi connectivity index (χ2v) is 1.90. The fourth-order valence-corrected chi connectivity index (χ4v) is 0.568. The van der Waals surface area contributed by atoms with Crippen LogP contribution < -0.4 is 0 Å². The van der Waals surface area contributed by atoms with Gasteiger partial charge in [0.2, 0.25) is 0 Å². The van der Waals surface area contributed by atoms with Gasteiger partial charge in [-0.3, -0.25) is 0 Å². The van der Waals surface area contributed by atoms with Gasteiger partial charge in [0.1, 0.15) is 6.29 Å². The zero-order valence-electron chi connectivity index (χ0n) is 5.42. The topological polar surface area (TPSA) is 37.3 Å². The van der Waals surface area contributed by atoms with Crippen LogP contribution in [-0.2, 0) is 4.79 Å². The molecule has 0 bridgehead atoms. The summed E-state index contributed by atoms with van der Waals surface area (Å²) in [4.78, 5) is 10.1. The minimum Gasteiger partial charge on any atom is -0.396 e. The summed E-state index contributed by atoms with van der Waals surface area (Å²) < 4.78 is 0. The van der Waals surface area contributed by atoms with Crippen molar-refractivity contribution in [2.24, 2.45) is 5.92 Å². The normalized spacial score (nSPS) is 12.6. The van der Waals surface area contributed by atoms with Gasteiger partial charge < -0.3 is 9.90 Å². The maximum atomic E-state index is 10.1. The first-order chi connectivity index (χ1) is 4.35. The monoisotopic (exact) mass is 128 g/mol. The van der Waals surface area contributed by atoms with Gasteiger partial charge in [-0.1, -0.05) is 6.08 Å². The minimum absolute atomic E-state index is 0.0721. The van der Waals surface area contributed by atoms with Crippen molar-refractivity contribution in [1.82, 2.24) is 0 Å². The summed E-state index contributed by atoms with van der Waals surface area (Å²) in [7, 11) is 0. The molecule has 0 aliphatic heterocycles. The molecular weight excluding hydrogens is 116 g/mol. The maximum Gasteiger partial charge on any atom is 0.126 e. The van der Waals surface area contributed by atoms with Crippen molar-refractivity contribution in [3.63, 3.8) is 0 Å². The number of aldehydes is 1. The highest BCUT2D eigenvalue weighted by atomic mass is 16.2. The lowest BCUT2D eigenvalue weighted by molar-refractivity contribution is -0.110. The maximum absolute atomic E-state index is 10.1. The quantitative estimate of drug-likeness (QED) is 0.438. The number of aliphatic hydroxyl groups is 1. The molecule has 0 radical (unpaired) electrons. The van der Waals surface area contributed by atoms with E-state index >= 15 is 0 Å². The lowest BCUT2D eigenvalue weighted by atomic mass is 10.1. The third kappa shape index (κ3) is 3.91. The van der Waals surface area contributed by atoms with E-state index in [1.165, 1.54) is 0 Å². The highest BCUT2D eigenvalue weighted by Gasteiger charge is 1.98. The molecular formula is C7H12O2. The molecule has 0 aromatic heterocycles. The van der Waals surface area contributed by atoms with Crippen molar-refractivity contribution in [2.45, 2.75) is 12.8 Å². The highest BCUT2D eigenvalue weighted by molar-refractivity contribution is 5.56. The zero-order valence-corrected chi connectivity index (χ0v) is 5.42. The van der Waals surface area contributed by atoms with E-state index in [0.717, 1.165) is 6.29 Å². The Labute approximate surface area is 55.2 Å². The summed E-state index contributed by atoms with van der Waals surface area (Å²) in [6, 6.07) is 0. The zero-order chi connectivity index (χ0) is 7.11. The minimum atomic E-state index is -0.0721. The van der Waals surface area contributed by atoms with Crippen molar-refractivity contribution in [3.05, 3.63) is 12.7 Å². The Morgan fingerprint density at radius 1 is 1.67 bits per heavy atom. The standard InChI is InChI=1S/C7H12O2/c1-2-7(6-9)4-3-5-8/h2,6-8H,1,3-5H2. The number of allylic oxidation sites excluding steroid dienone is 1. The lowest BCUT2D eigenvalue weighted by Crippen LogP contribution is -1.98. The van der Waals surface area contributed by atoms with Crippen molar-refractivity contribution >= 4 is 6.29 Å². The van der Waals surface area contributed by atoms with E-state index in [1.54, 1.807) is 6.08 Å². The van der Waals surface area contributed by atoms with Crippen LogP contribution in [0.15, 0.2) is 12.7 Å². The molecule has 0 fully saturated rings. The molecule has 52 valence electrons. The largest absolute Gasteiger partial charge is 0.396 e. The molecule has 1 atom stereocenters. The molecule has 0 aliphatic rings. The van der Waals surface area contributed by atoms with Gasteiger partial charge in [-0.2, -0.15) is 0 Å². The molecule has 0 spiro atoms. The molecule has 0 saturated heterocycles. The van der Waals surface area contributed by atoms with Gasteiger partial charge >= 0.3 is 0 Å². The van der Waals surface area contributed by atoms with Crippen LogP contribution in [0, 0.1) is 5.92 Å². The van der Waals surface area contributed by atoms with Crippen LogP contribution in [-0.4, -0.2) is 18.0 Å². The Morgan fingerprint density at radius 3 is 2.67 bits per heavy atom. The van der Waals surface area contributed by atoms with Gasteiger partial charge in [0.15, 0.2) is 0 Å². The van der Waals surface area contributed by atoms with Crippen LogP contribution in [0.3, 0.4) is 0 Å². The van der Waals surface area contributed by atoms with Crippen molar-refractivity contribution in [2.75, 3.05) is 6.61 Å². The molecule has 2 nitrogen and oxygen atoms in total. The predicted molar refractivity (Wildman–Crippen MR) is 36.1 cm³/mol. The third-order valence-electron chi connectivity index (χ3n) is 1.17.